The van der Waals surface area contributed by atoms with E-state index in [1.807, 2.05) is 48.4 Å². The van der Waals surface area contributed by atoms with Crippen LogP contribution in [0.15, 0.2) is 30.7 Å². The van der Waals surface area contributed by atoms with Gasteiger partial charge in [-0.15, -0.1) is 0 Å². The van der Waals surface area contributed by atoms with E-state index in [2.05, 4.69) is 17.0 Å². The minimum atomic E-state index is 0.0931. The number of amides is 1. The lowest BCUT2D eigenvalue weighted by atomic mass is 10.00. The molecule has 6 heteroatoms. The molecule has 128 valence electrons. The summed E-state index contributed by atoms with van der Waals surface area (Å²) in [5.41, 5.74) is 1.80. The van der Waals surface area contributed by atoms with Crippen molar-refractivity contribution in [2.45, 2.75) is 26.3 Å². The zero-order valence-corrected chi connectivity index (χ0v) is 14.6. The van der Waals surface area contributed by atoms with Crippen LogP contribution in [-0.4, -0.2) is 45.7 Å². The van der Waals surface area contributed by atoms with Crippen molar-refractivity contribution in [2.75, 3.05) is 25.0 Å². The summed E-state index contributed by atoms with van der Waals surface area (Å²) in [6, 6.07) is 3.79. The van der Waals surface area contributed by atoms with Gasteiger partial charge in [-0.25, -0.2) is 4.98 Å². The average Bonchev–Trinajstić information content (AvgIpc) is 2.99. The minimum absolute atomic E-state index is 0.0931. The normalized spacial score (nSPS) is 17.8. The second-order valence-corrected chi connectivity index (χ2v) is 6.78. The van der Waals surface area contributed by atoms with E-state index in [1.54, 1.807) is 10.9 Å². The van der Waals surface area contributed by atoms with Gasteiger partial charge in [-0.2, -0.15) is 5.10 Å². The molecule has 3 heterocycles. The number of aromatic nitrogens is 3. The number of hydrogen-bond donors (Lipinski definition) is 0. The van der Waals surface area contributed by atoms with Crippen LogP contribution in [0.25, 0.3) is 0 Å². The monoisotopic (exact) mass is 327 g/mol. The van der Waals surface area contributed by atoms with Crippen LogP contribution in [0.5, 0.6) is 0 Å². The maximum absolute atomic E-state index is 12.6. The highest BCUT2D eigenvalue weighted by molar-refractivity contribution is 5.94. The highest BCUT2D eigenvalue weighted by Gasteiger charge is 2.22. The molecule has 0 unspecified atom stereocenters. The largest absolute Gasteiger partial charge is 0.355 e. The van der Waals surface area contributed by atoms with Gasteiger partial charge < -0.3 is 9.80 Å². The van der Waals surface area contributed by atoms with Crippen molar-refractivity contribution < 1.29 is 4.79 Å². The summed E-state index contributed by atoms with van der Waals surface area (Å²) in [6.45, 7) is 4.64. The Bertz CT molecular complexity index is 694. The van der Waals surface area contributed by atoms with E-state index in [0.29, 0.717) is 11.5 Å². The molecule has 3 rings (SSSR count). The standard InChI is InChI=1S/C18H25N5O/c1-14-5-4-8-23(11-14)18(24)16-6-7-17(19-10-16)21(2)12-15-9-20-22(3)13-15/h6-7,9-10,13-14H,4-5,8,11-12H2,1-3H3/t14-/m1/s1. The molecule has 1 fully saturated rings. The molecule has 0 radical (unpaired) electrons. The number of hydrogen-bond acceptors (Lipinski definition) is 4. The lowest BCUT2D eigenvalue weighted by Gasteiger charge is -2.31. The van der Waals surface area contributed by atoms with E-state index in [-0.39, 0.29) is 5.91 Å². The van der Waals surface area contributed by atoms with Crippen LogP contribution in [-0.2, 0) is 13.6 Å². The summed E-state index contributed by atoms with van der Waals surface area (Å²) >= 11 is 0. The first kappa shape index (κ1) is 16.5. The van der Waals surface area contributed by atoms with Gasteiger partial charge in [0.15, 0.2) is 0 Å². The van der Waals surface area contributed by atoms with E-state index in [0.717, 1.165) is 37.4 Å². The third kappa shape index (κ3) is 3.75. The number of carbonyl (C=O) groups is 1. The number of carbonyl (C=O) groups excluding carboxylic acids is 1. The number of nitrogens with zero attached hydrogens (tertiary/aromatic N) is 5. The van der Waals surface area contributed by atoms with Crippen LogP contribution in [0.3, 0.4) is 0 Å². The Hall–Kier alpha value is -2.37. The van der Waals surface area contributed by atoms with Gasteiger partial charge in [-0.3, -0.25) is 9.48 Å². The number of rotatable bonds is 4. The van der Waals surface area contributed by atoms with Gasteiger partial charge in [0.05, 0.1) is 11.8 Å². The van der Waals surface area contributed by atoms with Crippen LogP contribution in [0.4, 0.5) is 5.82 Å². The fourth-order valence-corrected chi connectivity index (χ4v) is 3.20. The van der Waals surface area contributed by atoms with Crippen molar-refractivity contribution in [3.8, 4) is 0 Å². The van der Waals surface area contributed by atoms with Gasteiger partial charge in [0.2, 0.25) is 0 Å². The van der Waals surface area contributed by atoms with Crippen LogP contribution in [0, 0.1) is 5.92 Å². The number of pyridine rings is 1. The molecule has 2 aromatic heterocycles. The van der Waals surface area contributed by atoms with Gasteiger partial charge in [-0.05, 0) is 30.9 Å². The Kier molecular flexibility index (Phi) is 4.83. The van der Waals surface area contributed by atoms with Crippen LogP contribution >= 0.6 is 0 Å². The lowest BCUT2D eigenvalue weighted by molar-refractivity contribution is 0.0682. The predicted molar refractivity (Wildman–Crippen MR) is 93.9 cm³/mol. The summed E-state index contributed by atoms with van der Waals surface area (Å²) in [7, 11) is 3.90. The van der Waals surface area contributed by atoms with Crippen LogP contribution in [0.1, 0.15) is 35.7 Å². The first-order chi connectivity index (χ1) is 11.5. The predicted octanol–water partition coefficient (Wildman–Crippen LogP) is 2.32. The Morgan fingerprint density at radius 2 is 2.21 bits per heavy atom. The molecule has 0 aromatic carbocycles. The quantitative estimate of drug-likeness (QED) is 0.865. The summed E-state index contributed by atoms with van der Waals surface area (Å²) in [6.07, 6.45) is 7.83. The second-order valence-electron chi connectivity index (χ2n) is 6.78. The van der Waals surface area contributed by atoms with Gasteiger partial charge >= 0.3 is 0 Å². The first-order valence-corrected chi connectivity index (χ1v) is 8.47. The molecular formula is C18H25N5O. The SMILES string of the molecule is C[C@@H]1CCCN(C(=O)c2ccc(N(C)Cc3cnn(C)c3)nc2)C1. The Morgan fingerprint density at radius 3 is 2.83 bits per heavy atom. The molecule has 1 atom stereocenters. The maximum atomic E-state index is 12.6. The number of aryl methyl sites for hydroxylation is 1. The van der Waals surface area contributed by atoms with E-state index in [9.17, 15) is 4.79 Å². The third-order valence-electron chi connectivity index (χ3n) is 4.51. The second kappa shape index (κ2) is 7.03. The van der Waals surface area contributed by atoms with Gasteiger partial charge in [-0.1, -0.05) is 6.92 Å². The summed E-state index contributed by atoms with van der Waals surface area (Å²) in [5.74, 6) is 1.53. The maximum Gasteiger partial charge on any atom is 0.255 e. The average molecular weight is 327 g/mol. The zero-order chi connectivity index (χ0) is 17.1. The summed E-state index contributed by atoms with van der Waals surface area (Å²) in [5, 5.41) is 4.18. The van der Waals surface area contributed by atoms with Crippen molar-refractivity contribution in [3.05, 3.63) is 41.9 Å². The van der Waals surface area contributed by atoms with Crippen molar-refractivity contribution in [3.63, 3.8) is 0 Å². The van der Waals surface area contributed by atoms with Crippen molar-refractivity contribution in [2.24, 2.45) is 13.0 Å². The molecule has 0 bridgehead atoms. The number of likely N-dealkylation sites (tertiary alicyclic amines) is 1. The number of anilines is 1. The molecule has 24 heavy (non-hydrogen) atoms. The van der Waals surface area contributed by atoms with Crippen molar-refractivity contribution >= 4 is 11.7 Å². The molecule has 0 N–H and O–H groups in total. The molecule has 1 aliphatic heterocycles. The molecule has 2 aromatic rings. The first-order valence-electron chi connectivity index (χ1n) is 8.47. The fourth-order valence-electron chi connectivity index (χ4n) is 3.20. The number of piperidine rings is 1. The molecule has 0 aliphatic carbocycles. The van der Waals surface area contributed by atoms with Crippen molar-refractivity contribution in [1.29, 1.82) is 0 Å². The third-order valence-corrected chi connectivity index (χ3v) is 4.51. The van der Waals surface area contributed by atoms with E-state index in [4.69, 9.17) is 0 Å². The molecule has 0 saturated carbocycles. The highest BCUT2D eigenvalue weighted by atomic mass is 16.2. The van der Waals surface area contributed by atoms with E-state index in [1.165, 1.54) is 6.42 Å². The van der Waals surface area contributed by atoms with Crippen molar-refractivity contribution in [1.82, 2.24) is 19.7 Å². The van der Waals surface area contributed by atoms with Gasteiger partial charge in [0, 0.05) is 51.7 Å². The Morgan fingerprint density at radius 1 is 1.38 bits per heavy atom. The smallest absolute Gasteiger partial charge is 0.255 e. The van der Waals surface area contributed by atoms with Crippen LogP contribution < -0.4 is 4.90 Å². The zero-order valence-electron chi connectivity index (χ0n) is 14.6. The Balaban J connectivity index is 1.65. The molecule has 6 nitrogen and oxygen atoms in total. The molecule has 1 amide bonds. The highest BCUT2D eigenvalue weighted by Crippen LogP contribution is 2.19. The lowest BCUT2D eigenvalue weighted by Crippen LogP contribution is -2.39. The van der Waals surface area contributed by atoms with E-state index < -0.39 is 0 Å². The summed E-state index contributed by atoms with van der Waals surface area (Å²) in [4.78, 5) is 21.0. The van der Waals surface area contributed by atoms with Gasteiger partial charge in [0.1, 0.15) is 5.82 Å². The minimum Gasteiger partial charge on any atom is -0.355 e. The molecule has 1 aliphatic rings. The summed E-state index contributed by atoms with van der Waals surface area (Å²) < 4.78 is 1.79. The molecular weight excluding hydrogens is 302 g/mol. The van der Waals surface area contributed by atoms with Crippen LogP contribution in [0.2, 0.25) is 0 Å². The molecule has 1 saturated heterocycles. The fraction of sp³-hybridized carbons (Fsp3) is 0.500. The Labute approximate surface area is 143 Å². The van der Waals surface area contributed by atoms with E-state index >= 15 is 0 Å². The molecule has 0 spiro atoms. The van der Waals surface area contributed by atoms with Gasteiger partial charge in [0.25, 0.3) is 5.91 Å². The topological polar surface area (TPSA) is 54.3 Å².